The number of benzene rings is 1. The van der Waals surface area contributed by atoms with Crippen molar-refractivity contribution in [2.24, 2.45) is 5.73 Å². The Balaban J connectivity index is 2.34. The van der Waals surface area contributed by atoms with Crippen LogP contribution in [0.4, 0.5) is 0 Å². The van der Waals surface area contributed by atoms with Crippen molar-refractivity contribution in [2.75, 3.05) is 0 Å². The minimum Gasteiger partial charge on any atom is -0.319 e. The molecule has 0 aliphatic heterocycles. The van der Waals surface area contributed by atoms with Crippen molar-refractivity contribution in [1.82, 2.24) is 9.97 Å². The van der Waals surface area contributed by atoms with Crippen LogP contribution in [-0.4, -0.2) is 9.97 Å². The van der Waals surface area contributed by atoms with Crippen molar-refractivity contribution in [3.63, 3.8) is 0 Å². The van der Waals surface area contributed by atoms with Crippen LogP contribution in [0.15, 0.2) is 36.8 Å². The lowest BCUT2D eigenvalue weighted by molar-refractivity contribution is 0.817. The van der Waals surface area contributed by atoms with Crippen molar-refractivity contribution in [1.29, 1.82) is 0 Å². The standard InChI is InChI=1S/C12H12ClN3/c1-8-2-3-9(6-10(8)13)12(14)11-7-15-4-5-16-11/h2-7,12H,14H2,1H3. The summed E-state index contributed by atoms with van der Waals surface area (Å²) in [5.74, 6) is 0. The Morgan fingerprint density at radius 1 is 1.31 bits per heavy atom. The second kappa shape index (κ2) is 4.60. The molecule has 82 valence electrons. The molecule has 2 N–H and O–H groups in total. The zero-order chi connectivity index (χ0) is 11.5. The van der Waals surface area contributed by atoms with Crippen molar-refractivity contribution in [3.05, 3.63) is 58.6 Å². The lowest BCUT2D eigenvalue weighted by Gasteiger charge is -2.11. The molecule has 16 heavy (non-hydrogen) atoms. The number of nitrogens with zero attached hydrogens (tertiary/aromatic N) is 2. The highest BCUT2D eigenvalue weighted by Gasteiger charge is 2.11. The van der Waals surface area contributed by atoms with Crippen molar-refractivity contribution in [2.45, 2.75) is 13.0 Å². The number of halogens is 1. The molecule has 0 aliphatic rings. The molecule has 0 spiro atoms. The number of nitrogens with two attached hydrogens (primary N) is 1. The highest BCUT2D eigenvalue weighted by atomic mass is 35.5. The first kappa shape index (κ1) is 11.0. The molecule has 0 amide bonds. The quantitative estimate of drug-likeness (QED) is 0.867. The number of aryl methyl sites for hydroxylation is 1. The lowest BCUT2D eigenvalue weighted by Crippen LogP contribution is -2.13. The van der Waals surface area contributed by atoms with Gasteiger partial charge in [0.2, 0.25) is 0 Å². The van der Waals surface area contributed by atoms with Gasteiger partial charge < -0.3 is 5.73 Å². The maximum atomic E-state index is 6.07. The summed E-state index contributed by atoms with van der Waals surface area (Å²) < 4.78 is 0. The molecule has 1 heterocycles. The normalized spacial score (nSPS) is 12.4. The average Bonchev–Trinajstić information content (AvgIpc) is 2.33. The smallest absolute Gasteiger partial charge is 0.0799 e. The zero-order valence-corrected chi connectivity index (χ0v) is 9.65. The van der Waals surface area contributed by atoms with Gasteiger partial charge in [0.05, 0.1) is 17.9 Å². The van der Waals surface area contributed by atoms with Gasteiger partial charge >= 0.3 is 0 Å². The Labute approximate surface area is 99.3 Å². The van der Waals surface area contributed by atoms with Gasteiger partial charge in [-0.25, -0.2) is 0 Å². The lowest BCUT2D eigenvalue weighted by atomic mass is 10.0. The topological polar surface area (TPSA) is 51.8 Å². The van der Waals surface area contributed by atoms with Gasteiger partial charge in [-0.1, -0.05) is 23.7 Å². The molecule has 1 aromatic heterocycles. The Morgan fingerprint density at radius 2 is 2.12 bits per heavy atom. The minimum absolute atomic E-state index is 0.285. The molecule has 0 saturated carbocycles. The minimum atomic E-state index is -0.285. The molecule has 1 aromatic carbocycles. The Morgan fingerprint density at radius 3 is 2.75 bits per heavy atom. The molecule has 0 aliphatic carbocycles. The average molecular weight is 234 g/mol. The molecular formula is C12H12ClN3. The summed E-state index contributed by atoms with van der Waals surface area (Å²) in [4.78, 5) is 8.17. The van der Waals surface area contributed by atoms with Crippen LogP contribution >= 0.6 is 11.6 Å². The summed E-state index contributed by atoms with van der Waals surface area (Å²) in [5.41, 5.74) is 8.79. The van der Waals surface area contributed by atoms with Crippen molar-refractivity contribution >= 4 is 11.6 Å². The first-order valence-corrected chi connectivity index (χ1v) is 5.34. The number of aromatic nitrogens is 2. The summed E-state index contributed by atoms with van der Waals surface area (Å²) >= 11 is 6.05. The fraction of sp³-hybridized carbons (Fsp3) is 0.167. The third-order valence-corrected chi connectivity index (χ3v) is 2.86. The Kier molecular flexibility index (Phi) is 3.17. The monoisotopic (exact) mass is 233 g/mol. The molecule has 0 radical (unpaired) electrons. The van der Waals surface area contributed by atoms with Crippen LogP contribution in [0.25, 0.3) is 0 Å². The first-order valence-electron chi connectivity index (χ1n) is 4.96. The third-order valence-electron chi connectivity index (χ3n) is 2.46. The SMILES string of the molecule is Cc1ccc(C(N)c2cnccn2)cc1Cl. The van der Waals surface area contributed by atoms with E-state index in [1.807, 2.05) is 25.1 Å². The second-order valence-corrected chi connectivity index (χ2v) is 4.02. The van der Waals surface area contributed by atoms with Crippen LogP contribution in [-0.2, 0) is 0 Å². The Hall–Kier alpha value is -1.45. The van der Waals surface area contributed by atoms with Gasteiger partial charge in [0, 0.05) is 17.4 Å². The molecular weight excluding hydrogens is 222 g/mol. The van der Waals surface area contributed by atoms with Crippen LogP contribution in [0.3, 0.4) is 0 Å². The van der Waals surface area contributed by atoms with Gasteiger partial charge in [0.15, 0.2) is 0 Å². The van der Waals surface area contributed by atoms with Crippen LogP contribution in [0.2, 0.25) is 5.02 Å². The number of hydrogen-bond donors (Lipinski definition) is 1. The maximum absolute atomic E-state index is 6.07. The van der Waals surface area contributed by atoms with E-state index >= 15 is 0 Å². The van der Waals surface area contributed by atoms with Crippen LogP contribution < -0.4 is 5.73 Å². The highest BCUT2D eigenvalue weighted by Crippen LogP contribution is 2.22. The molecule has 1 unspecified atom stereocenters. The summed E-state index contributed by atoms with van der Waals surface area (Å²) in [6.07, 6.45) is 4.92. The van der Waals surface area contributed by atoms with E-state index in [9.17, 15) is 0 Å². The Bertz CT molecular complexity index is 485. The van der Waals surface area contributed by atoms with E-state index < -0.39 is 0 Å². The number of hydrogen-bond acceptors (Lipinski definition) is 3. The van der Waals surface area contributed by atoms with E-state index in [0.29, 0.717) is 0 Å². The van der Waals surface area contributed by atoms with E-state index in [1.165, 1.54) is 0 Å². The molecule has 2 aromatic rings. The largest absolute Gasteiger partial charge is 0.319 e. The van der Waals surface area contributed by atoms with Gasteiger partial charge in [0.1, 0.15) is 0 Å². The van der Waals surface area contributed by atoms with E-state index in [-0.39, 0.29) is 6.04 Å². The van der Waals surface area contributed by atoms with E-state index in [1.54, 1.807) is 18.6 Å². The van der Waals surface area contributed by atoms with Gasteiger partial charge in [0.25, 0.3) is 0 Å². The predicted molar refractivity (Wildman–Crippen MR) is 64.3 cm³/mol. The van der Waals surface area contributed by atoms with Crippen LogP contribution in [0.1, 0.15) is 22.9 Å². The summed E-state index contributed by atoms with van der Waals surface area (Å²) in [6.45, 7) is 1.96. The molecule has 0 bridgehead atoms. The van der Waals surface area contributed by atoms with E-state index in [2.05, 4.69) is 9.97 Å². The molecule has 1 atom stereocenters. The summed E-state index contributed by atoms with van der Waals surface area (Å²) in [7, 11) is 0. The first-order chi connectivity index (χ1) is 7.68. The van der Waals surface area contributed by atoms with Crippen LogP contribution in [0.5, 0.6) is 0 Å². The molecule has 0 saturated heterocycles. The van der Waals surface area contributed by atoms with Crippen LogP contribution in [0, 0.1) is 6.92 Å². The van der Waals surface area contributed by atoms with E-state index in [4.69, 9.17) is 17.3 Å². The third kappa shape index (κ3) is 2.21. The molecule has 0 fully saturated rings. The van der Waals surface area contributed by atoms with Gasteiger partial charge in [-0.05, 0) is 24.1 Å². The molecule has 2 rings (SSSR count). The highest BCUT2D eigenvalue weighted by molar-refractivity contribution is 6.31. The van der Waals surface area contributed by atoms with Gasteiger partial charge in [-0.3, -0.25) is 9.97 Å². The van der Waals surface area contributed by atoms with Crippen molar-refractivity contribution in [3.8, 4) is 0 Å². The number of rotatable bonds is 2. The van der Waals surface area contributed by atoms with Gasteiger partial charge in [-0.2, -0.15) is 0 Å². The van der Waals surface area contributed by atoms with E-state index in [0.717, 1.165) is 21.8 Å². The van der Waals surface area contributed by atoms with Crippen molar-refractivity contribution < 1.29 is 0 Å². The van der Waals surface area contributed by atoms with Gasteiger partial charge in [-0.15, -0.1) is 0 Å². The summed E-state index contributed by atoms with van der Waals surface area (Å²) in [5, 5.41) is 0.719. The molecule has 4 heteroatoms. The second-order valence-electron chi connectivity index (χ2n) is 3.62. The maximum Gasteiger partial charge on any atom is 0.0799 e. The fourth-order valence-corrected chi connectivity index (χ4v) is 1.63. The fourth-order valence-electron chi connectivity index (χ4n) is 1.44. The zero-order valence-electron chi connectivity index (χ0n) is 8.89. The predicted octanol–water partition coefficient (Wildman–Crippen LogP) is 2.49. The molecule has 3 nitrogen and oxygen atoms in total. The summed E-state index contributed by atoms with van der Waals surface area (Å²) in [6, 6.07) is 5.50.